The third-order valence-electron chi connectivity index (χ3n) is 4.15. The van der Waals surface area contributed by atoms with E-state index >= 15 is 0 Å². The van der Waals surface area contributed by atoms with E-state index in [1.54, 1.807) is 0 Å². The van der Waals surface area contributed by atoms with Gasteiger partial charge in [-0.3, -0.25) is 9.69 Å². The second kappa shape index (κ2) is 6.72. The molecule has 0 aliphatic carbocycles. The number of rotatable bonds is 5. The number of hydrogen-bond acceptors (Lipinski definition) is 5. The van der Waals surface area contributed by atoms with Crippen molar-refractivity contribution >= 4 is 11.9 Å². The number of carboxylic acids is 1. The molecule has 2 rings (SSSR count). The number of carboxylic acid groups (broad SMARTS) is 1. The number of nitrogens with zero attached hydrogens (tertiary/aromatic N) is 1. The molecule has 1 amide bonds. The lowest BCUT2D eigenvalue weighted by atomic mass is 10.0. The van der Waals surface area contributed by atoms with E-state index in [1.807, 2.05) is 0 Å². The van der Waals surface area contributed by atoms with Crippen LogP contribution in [0, 0.1) is 0 Å². The summed E-state index contributed by atoms with van der Waals surface area (Å²) in [7, 11) is 0. The Morgan fingerprint density at radius 3 is 2.43 bits per heavy atom. The van der Waals surface area contributed by atoms with Crippen LogP contribution in [-0.2, 0) is 19.1 Å². The number of carbonyl (C=O) groups is 2. The Balaban J connectivity index is 1.79. The molecule has 120 valence electrons. The molecule has 0 bridgehead atoms. The lowest BCUT2D eigenvalue weighted by Crippen LogP contribution is -2.56. The van der Waals surface area contributed by atoms with E-state index in [0.717, 1.165) is 13.1 Å². The summed E-state index contributed by atoms with van der Waals surface area (Å²) in [5.41, 5.74) is -0.162. The zero-order valence-electron chi connectivity index (χ0n) is 12.6. The molecule has 7 nitrogen and oxygen atoms in total. The van der Waals surface area contributed by atoms with Gasteiger partial charge in [-0.25, -0.2) is 4.79 Å². The van der Waals surface area contributed by atoms with Crippen LogP contribution in [0.5, 0.6) is 0 Å². The number of ether oxygens (including phenoxy) is 2. The van der Waals surface area contributed by atoms with E-state index in [4.69, 9.17) is 14.6 Å². The van der Waals surface area contributed by atoms with Crippen molar-refractivity contribution in [3.8, 4) is 0 Å². The van der Waals surface area contributed by atoms with Crippen LogP contribution in [0.2, 0.25) is 0 Å². The van der Waals surface area contributed by atoms with Crippen molar-refractivity contribution in [3.63, 3.8) is 0 Å². The maximum absolute atomic E-state index is 12.1. The smallest absolute Gasteiger partial charge is 0.332 e. The maximum Gasteiger partial charge on any atom is 0.332 e. The minimum atomic E-state index is -1.00. The van der Waals surface area contributed by atoms with Crippen LogP contribution in [0.15, 0.2) is 0 Å². The summed E-state index contributed by atoms with van der Waals surface area (Å²) >= 11 is 0. The monoisotopic (exact) mass is 300 g/mol. The molecule has 2 heterocycles. The van der Waals surface area contributed by atoms with Gasteiger partial charge in [-0.1, -0.05) is 0 Å². The number of nitrogens with one attached hydrogen (secondary N) is 1. The van der Waals surface area contributed by atoms with Gasteiger partial charge in [-0.05, 0) is 26.7 Å². The molecular weight excluding hydrogens is 276 g/mol. The first-order valence-electron chi connectivity index (χ1n) is 7.39. The van der Waals surface area contributed by atoms with Crippen molar-refractivity contribution in [2.75, 3.05) is 32.8 Å². The highest BCUT2D eigenvalue weighted by molar-refractivity contribution is 5.82. The molecule has 0 radical (unpaired) electrons. The molecule has 2 aliphatic rings. The van der Waals surface area contributed by atoms with Gasteiger partial charge in [0.25, 0.3) is 0 Å². The normalized spacial score (nSPS) is 27.5. The summed E-state index contributed by atoms with van der Waals surface area (Å²) in [5, 5.41) is 11.7. The van der Waals surface area contributed by atoms with Gasteiger partial charge >= 0.3 is 5.97 Å². The van der Waals surface area contributed by atoms with Gasteiger partial charge in [-0.2, -0.15) is 0 Å². The van der Waals surface area contributed by atoms with Crippen LogP contribution in [-0.4, -0.2) is 72.5 Å². The highest BCUT2D eigenvalue weighted by Crippen LogP contribution is 2.20. The summed E-state index contributed by atoms with van der Waals surface area (Å²) in [6.07, 6.45) is -0.652. The van der Waals surface area contributed by atoms with Gasteiger partial charge in [0.05, 0.1) is 13.2 Å². The third-order valence-corrected chi connectivity index (χ3v) is 4.15. The van der Waals surface area contributed by atoms with Gasteiger partial charge in [0.1, 0.15) is 6.10 Å². The van der Waals surface area contributed by atoms with Crippen molar-refractivity contribution in [3.05, 3.63) is 0 Å². The summed E-state index contributed by atoms with van der Waals surface area (Å²) in [6, 6.07) is 0. The zero-order valence-corrected chi connectivity index (χ0v) is 12.6. The zero-order chi connectivity index (χ0) is 15.5. The van der Waals surface area contributed by atoms with Crippen molar-refractivity contribution in [1.82, 2.24) is 10.2 Å². The predicted molar refractivity (Wildman–Crippen MR) is 75.0 cm³/mol. The lowest BCUT2D eigenvalue weighted by Gasteiger charge is -2.41. The van der Waals surface area contributed by atoms with Gasteiger partial charge in [0.2, 0.25) is 5.91 Å². The molecule has 2 aliphatic heterocycles. The van der Waals surface area contributed by atoms with E-state index in [9.17, 15) is 9.59 Å². The Bertz CT molecular complexity index is 393. The van der Waals surface area contributed by atoms with Crippen LogP contribution in [0.4, 0.5) is 0 Å². The largest absolute Gasteiger partial charge is 0.479 e. The van der Waals surface area contributed by atoms with Crippen molar-refractivity contribution in [2.24, 2.45) is 0 Å². The summed E-state index contributed by atoms with van der Waals surface area (Å²) in [6.45, 7) is 7.78. The minimum absolute atomic E-state index is 0.162. The van der Waals surface area contributed by atoms with E-state index in [1.165, 1.54) is 0 Å². The van der Waals surface area contributed by atoms with Crippen LogP contribution in [0.25, 0.3) is 0 Å². The average Bonchev–Trinajstić information content (AvgIpc) is 2.96. The first-order valence-corrected chi connectivity index (χ1v) is 7.39. The van der Waals surface area contributed by atoms with E-state index < -0.39 is 18.2 Å². The van der Waals surface area contributed by atoms with Gasteiger partial charge in [0, 0.05) is 25.2 Å². The van der Waals surface area contributed by atoms with Gasteiger partial charge < -0.3 is 19.9 Å². The molecule has 21 heavy (non-hydrogen) atoms. The molecule has 2 N–H and O–H groups in total. The van der Waals surface area contributed by atoms with Crippen molar-refractivity contribution in [1.29, 1.82) is 0 Å². The van der Waals surface area contributed by atoms with Crippen LogP contribution < -0.4 is 5.32 Å². The van der Waals surface area contributed by atoms with Crippen LogP contribution in [0.3, 0.4) is 0 Å². The number of hydrogen-bond donors (Lipinski definition) is 2. The third kappa shape index (κ3) is 4.15. The highest BCUT2D eigenvalue weighted by Gasteiger charge is 2.36. The Morgan fingerprint density at radius 2 is 1.86 bits per heavy atom. The molecule has 0 spiro atoms. The second-order valence-corrected chi connectivity index (χ2v) is 6.16. The predicted octanol–water partition coefficient (Wildman–Crippen LogP) is -0.154. The molecule has 2 atom stereocenters. The molecular formula is C14H24N2O5. The Morgan fingerprint density at radius 1 is 1.24 bits per heavy atom. The molecule has 0 aromatic carbocycles. The number of carbonyl (C=O) groups excluding carboxylic acids is 1. The first-order chi connectivity index (χ1) is 9.90. The molecule has 7 heteroatoms. The van der Waals surface area contributed by atoms with Crippen molar-refractivity contribution < 1.29 is 24.2 Å². The second-order valence-electron chi connectivity index (χ2n) is 6.16. The Kier molecular flexibility index (Phi) is 5.18. The fraction of sp³-hybridized carbons (Fsp3) is 0.857. The number of morpholine rings is 1. The van der Waals surface area contributed by atoms with Gasteiger partial charge in [0.15, 0.2) is 6.10 Å². The van der Waals surface area contributed by atoms with Crippen molar-refractivity contribution in [2.45, 2.75) is 44.4 Å². The van der Waals surface area contributed by atoms with E-state index in [2.05, 4.69) is 24.1 Å². The molecule has 0 aromatic heterocycles. The summed E-state index contributed by atoms with van der Waals surface area (Å²) in [4.78, 5) is 25.2. The fourth-order valence-corrected chi connectivity index (χ4v) is 2.71. The highest BCUT2D eigenvalue weighted by atomic mass is 16.5. The lowest BCUT2D eigenvalue weighted by molar-refractivity contribution is -0.151. The molecule has 2 saturated heterocycles. The maximum atomic E-state index is 12.1. The molecule has 2 fully saturated rings. The minimum Gasteiger partial charge on any atom is -0.479 e. The fourth-order valence-electron chi connectivity index (χ4n) is 2.71. The first kappa shape index (κ1) is 16.2. The Hall–Kier alpha value is -1.18. The van der Waals surface area contributed by atoms with E-state index in [0.29, 0.717) is 32.6 Å². The van der Waals surface area contributed by atoms with E-state index in [-0.39, 0.29) is 11.4 Å². The van der Waals surface area contributed by atoms with Gasteiger partial charge in [-0.15, -0.1) is 0 Å². The molecule has 2 unspecified atom stereocenters. The molecule has 0 aromatic rings. The van der Waals surface area contributed by atoms with Crippen LogP contribution >= 0.6 is 0 Å². The summed E-state index contributed by atoms with van der Waals surface area (Å²) < 4.78 is 10.6. The standard InChI is InChI=1S/C14H24N2O5/c1-14(2,16-5-7-20-8-6-16)9-15-12(17)10-3-4-11(21-10)13(18)19/h10-11H,3-9H2,1-2H3,(H,15,17)(H,18,19). The number of amides is 1. The molecule has 0 saturated carbocycles. The average molecular weight is 300 g/mol. The summed E-state index contributed by atoms with van der Waals surface area (Å²) in [5.74, 6) is -1.22. The van der Waals surface area contributed by atoms with Crippen LogP contribution in [0.1, 0.15) is 26.7 Å². The SMILES string of the molecule is CC(C)(CNC(=O)C1CCC(C(=O)O)O1)N1CCOCC1. The number of aliphatic carboxylic acids is 1. The quantitative estimate of drug-likeness (QED) is 0.734. The topological polar surface area (TPSA) is 88.1 Å². The Labute approximate surface area is 124 Å².